The molecule has 1 aliphatic heterocycles. The number of aryl methyl sites for hydroxylation is 1. The lowest BCUT2D eigenvalue weighted by Crippen LogP contribution is -1.90. The van der Waals surface area contributed by atoms with E-state index in [9.17, 15) is 0 Å². The molecule has 1 atom stereocenters. The predicted octanol–water partition coefficient (Wildman–Crippen LogP) is 4.78. The zero-order chi connectivity index (χ0) is 12.7. The summed E-state index contributed by atoms with van der Waals surface area (Å²) in [7, 11) is 0. The third-order valence-electron chi connectivity index (χ3n) is 3.86. The second-order valence-electron chi connectivity index (χ2n) is 5.24. The minimum absolute atomic E-state index is 0.557. The molecule has 1 fully saturated rings. The molecule has 0 spiro atoms. The van der Waals surface area contributed by atoms with Gasteiger partial charge in [0.15, 0.2) is 0 Å². The molecule has 0 radical (unpaired) electrons. The summed E-state index contributed by atoms with van der Waals surface area (Å²) in [5, 5.41) is 2.82. The van der Waals surface area contributed by atoms with Gasteiger partial charge in [-0.2, -0.15) is 0 Å². The summed E-state index contributed by atoms with van der Waals surface area (Å²) in [5.74, 6) is 0. The molecule has 19 heavy (non-hydrogen) atoms. The third-order valence-corrected chi connectivity index (χ3v) is 5.12. The summed E-state index contributed by atoms with van der Waals surface area (Å²) >= 11 is 1.93. The SMILES string of the molecule is c1ccc2c(c1)sc1c(CCCC3CO3)cccc12. The average molecular weight is 268 g/mol. The fraction of sp³-hybridized carbons (Fsp3) is 0.294. The first-order chi connectivity index (χ1) is 9.42. The Hall–Kier alpha value is -1.38. The van der Waals surface area contributed by atoms with Gasteiger partial charge >= 0.3 is 0 Å². The molecule has 0 aliphatic carbocycles. The van der Waals surface area contributed by atoms with Crippen LogP contribution in [0.2, 0.25) is 0 Å². The van der Waals surface area contributed by atoms with E-state index >= 15 is 0 Å². The number of hydrogen-bond donors (Lipinski definition) is 0. The van der Waals surface area contributed by atoms with E-state index in [1.807, 2.05) is 11.3 Å². The molecule has 1 saturated heterocycles. The van der Waals surface area contributed by atoms with Crippen molar-refractivity contribution in [2.45, 2.75) is 25.4 Å². The largest absolute Gasteiger partial charge is 0.373 e. The summed E-state index contributed by atoms with van der Waals surface area (Å²) in [5.41, 5.74) is 1.50. The van der Waals surface area contributed by atoms with Crippen LogP contribution in [0.15, 0.2) is 42.5 Å². The molecule has 2 heterocycles. The van der Waals surface area contributed by atoms with E-state index in [0.717, 1.165) is 6.61 Å². The Morgan fingerprint density at radius 2 is 1.89 bits per heavy atom. The number of ether oxygens (including phenoxy) is 1. The van der Waals surface area contributed by atoms with Crippen molar-refractivity contribution in [1.29, 1.82) is 0 Å². The quantitative estimate of drug-likeness (QED) is 0.621. The van der Waals surface area contributed by atoms with Gasteiger partial charge in [0, 0.05) is 20.2 Å². The number of hydrogen-bond acceptors (Lipinski definition) is 2. The molecule has 2 heteroatoms. The van der Waals surface area contributed by atoms with Crippen LogP contribution in [-0.4, -0.2) is 12.7 Å². The van der Waals surface area contributed by atoms with E-state index in [1.165, 1.54) is 45.0 Å². The van der Waals surface area contributed by atoms with Gasteiger partial charge in [-0.15, -0.1) is 11.3 Å². The Bertz CT molecular complexity index is 724. The van der Waals surface area contributed by atoms with Crippen LogP contribution in [0.1, 0.15) is 18.4 Å². The average Bonchev–Trinajstić information content (AvgIpc) is 3.18. The lowest BCUT2D eigenvalue weighted by Gasteiger charge is -2.02. The molecular weight excluding hydrogens is 252 g/mol. The van der Waals surface area contributed by atoms with Crippen molar-refractivity contribution in [2.75, 3.05) is 6.61 Å². The van der Waals surface area contributed by atoms with Crippen molar-refractivity contribution in [3.63, 3.8) is 0 Å². The first-order valence-electron chi connectivity index (χ1n) is 6.92. The highest BCUT2D eigenvalue weighted by Gasteiger charge is 2.21. The van der Waals surface area contributed by atoms with Gasteiger partial charge in [0.05, 0.1) is 12.7 Å². The highest BCUT2D eigenvalue weighted by Crippen LogP contribution is 2.36. The van der Waals surface area contributed by atoms with Crippen LogP contribution in [0.5, 0.6) is 0 Å². The van der Waals surface area contributed by atoms with Gasteiger partial charge in [0.1, 0.15) is 0 Å². The first-order valence-corrected chi connectivity index (χ1v) is 7.74. The molecule has 0 bridgehead atoms. The maximum Gasteiger partial charge on any atom is 0.0810 e. The molecule has 1 aliphatic rings. The van der Waals surface area contributed by atoms with Crippen LogP contribution in [0.25, 0.3) is 20.2 Å². The third kappa shape index (κ3) is 2.15. The van der Waals surface area contributed by atoms with Crippen LogP contribution in [0.3, 0.4) is 0 Å². The zero-order valence-corrected chi connectivity index (χ0v) is 11.6. The van der Waals surface area contributed by atoms with E-state index in [2.05, 4.69) is 42.5 Å². The molecular formula is C17H16OS. The van der Waals surface area contributed by atoms with Gasteiger partial charge in [-0.05, 0) is 30.9 Å². The van der Waals surface area contributed by atoms with Crippen molar-refractivity contribution in [3.8, 4) is 0 Å². The number of benzene rings is 2. The van der Waals surface area contributed by atoms with E-state index in [4.69, 9.17) is 4.74 Å². The highest BCUT2D eigenvalue weighted by molar-refractivity contribution is 7.26. The molecule has 0 amide bonds. The van der Waals surface area contributed by atoms with Crippen molar-refractivity contribution in [3.05, 3.63) is 48.0 Å². The van der Waals surface area contributed by atoms with Gasteiger partial charge < -0.3 is 4.74 Å². The highest BCUT2D eigenvalue weighted by atomic mass is 32.1. The van der Waals surface area contributed by atoms with Crippen molar-refractivity contribution in [1.82, 2.24) is 0 Å². The Kier molecular flexibility index (Phi) is 2.78. The molecule has 2 aromatic carbocycles. The van der Waals surface area contributed by atoms with Gasteiger partial charge in [-0.25, -0.2) is 0 Å². The molecule has 0 saturated carbocycles. The van der Waals surface area contributed by atoms with E-state index < -0.39 is 0 Å². The second kappa shape index (κ2) is 4.62. The summed E-state index contributed by atoms with van der Waals surface area (Å²) < 4.78 is 8.16. The summed E-state index contributed by atoms with van der Waals surface area (Å²) in [6, 6.07) is 15.4. The fourth-order valence-electron chi connectivity index (χ4n) is 2.76. The lowest BCUT2D eigenvalue weighted by atomic mass is 10.0. The zero-order valence-electron chi connectivity index (χ0n) is 10.8. The van der Waals surface area contributed by atoms with Crippen molar-refractivity contribution in [2.24, 2.45) is 0 Å². The number of rotatable bonds is 4. The standard InChI is InChI=1S/C17H16OS/c1-2-10-16-14(8-1)15-9-4-6-12(17(15)19-16)5-3-7-13-11-18-13/h1-2,4,6,8-10,13H,3,5,7,11H2. The van der Waals surface area contributed by atoms with Crippen LogP contribution < -0.4 is 0 Å². The topological polar surface area (TPSA) is 12.5 Å². The Morgan fingerprint density at radius 3 is 2.79 bits per heavy atom. The van der Waals surface area contributed by atoms with Gasteiger partial charge in [0.25, 0.3) is 0 Å². The minimum Gasteiger partial charge on any atom is -0.373 e. The second-order valence-corrected chi connectivity index (χ2v) is 6.29. The summed E-state index contributed by atoms with van der Waals surface area (Å²) in [6.45, 7) is 0.979. The van der Waals surface area contributed by atoms with E-state index in [1.54, 1.807) is 0 Å². The number of fused-ring (bicyclic) bond motifs is 3. The van der Waals surface area contributed by atoms with E-state index in [-0.39, 0.29) is 0 Å². The maximum atomic E-state index is 5.28. The van der Waals surface area contributed by atoms with Crippen LogP contribution in [0, 0.1) is 0 Å². The lowest BCUT2D eigenvalue weighted by molar-refractivity contribution is 0.392. The Morgan fingerprint density at radius 1 is 1.05 bits per heavy atom. The molecule has 1 aromatic heterocycles. The number of epoxide rings is 1. The Labute approximate surface area is 116 Å². The van der Waals surface area contributed by atoms with Gasteiger partial charge in [0.2, 0.25) is 0 Å². The Balaban J connectivity index is 1.72. The molecule has 96 valence electrons. The maximum absolute atomic E-state index is 5.28. The first kappa shape index (κ1) is 11.4. The van der Waals surface area contributed by atoms with Crippen molar-refractivity contribution >= 4 is 31.5 Å². The van der Waals surface area contributed by atoms with Crippen LogP contribution in [-0.2, 0) is 11.2 Å². The molecule has 1 unspecified atom stereocenters. The summed E-state index contributed by atoms with van der Waals surface area (Å²) in [4.78, 5) is 0. The molecule has 1 nitrogen and oxygen atoms in total. The van der Waals surface area contributed by atoms with Crippen molar-refractivity contribution < 1.29 is 4.74 Å². The molecule has 4 rings (SSSR count). The fourth-order valence-corrected chi connectivity index (χ4v) is 4.00. The molecule has 0 N–H and O–H groups in total. The smallest absolute Gasteiger partial charge is 0.0810 e. The van der Waals surface area contributed by atoms with Gasteiger partial charge in [-0.3, -0.25) is 0 Å². The van der Waals surface area contributed by atoms with Crippen LogP contribution in [0.4, 0.5) is 0 Å². The predicted molar refractivity (Wildman–Crippen MR) is 82.0 cm³/mol. The summed E-state index contributed by atoms with van der Waals surface area (Å²) in [6.07, 6.45) is 4.17. The van der Waals surface area contributed by atoms with E-state index in [0.29, 0.717) is 6.10 Å². The monoisotopic (exact) mass is 268 g/mol. The molecule has 3 aromatic rings. The van der Waals surface area contributed by atoms with Gasteiger partial charge in [-0.1, -0.05) is 36.4 Å². The normalized spacial score (nSPS) is 18.2. The minimum atomic E-state index is 0.557. The van der Waals surface area contributed by atoms with Crippen LogP contribution >= 0.6 is 11.3 Å². The number of thiophene rings is 1.